The van der Waals surface area contributed by atoms with Crippen molar-refractivity contribution in [3.8, 4) is 11.8 Å². The maximum absolute atomic E-state index is 12.3. The summed E-state index contributed by atoms with van der Waals surface area (Å²) in [7, 11) is 0. The molecule has 0 radical (unpaired) electrons. The lowest BCUT2D eigenvalue weighted by atomic mass is 9.97. The van der Waals surface area contributed by atoms with Gasteiger partial charge in [-0.3, -0.25) is 4.79 Å². The molecule has 2 atom stereocenters. The average Bonchev–Trinajstić information content (AvgIpc) is 2.82. The predicted molar refractivity (Wildman–Crippen MR) is 80.3 cm³/mol. The van der Waals surface area contributed by atoms with Crippen LogP contribution in [0.5, 0.6) is 0 Å². The second-order valence-corrected chi connectivity index (χ2v) is 5.55. The molecule has 0 aromatic heterocycles. The van der Waals surface area contributed by atoms with Gasteiger partial charge in [-0.05, 0) is 49.4 Å². The zero-order valence-corrected chi connectivity index (χ0v) is 12.1. The Bertz CT molecular complexity index is 554. The van der Waals surface area contributed by atoms with Gasteiger partial charge in [-0.1, -0.05) is 25.2 Å². The molecule has 1 aliphatic carbocycles. The lowest BCUT2D eigenvalue weighted by Crippen LogP contribution is -2.24. The zero-order valence-electron chi connectivity index (χ0n) is 12.1. The molecule has 0 heterocycles. The fourth-order valence-electron chi connectivity index (χ4n) is 2.84. The van der Waals surface area contributed by atoms with E-state index in [1.807, 2.05) is 25.1 Å². The molecule has 0 aliphatic heterocycles. The third-order valence-electron chi connectivity index (χ3n) is 3.85. The highest BCUT2D eigenvalue weighted by atomic mass is 16.2. The molecule has 0 spiro atoms. The lowest BCUT2D eigenvalue weighted by molar-refractivity contribution is -0.120. The number of benzene rings is 1. The summed E-state index contributed by atoms with van der Waals surface area (Å²) in [5.41, 5.74) is 2.65. The topological polar surface area (TPSA) is 49.3 Å². The molecule has 1 amide bonds. The molecule has 1 aromatic carbocycles. The van der Waals surface area contributed by atoms with Crippen molar-refractivity contribution in [1.29, 1.82) is 0 Å². The quantitative estimate of drug-likeness (QED) is 0.813. The van der Waals surface area contributed by atoms with E-state index in [0.717, 1.165) is 36.1 Å². The summed E-state index contributed by atoms with van der Waals surface area (Å²) in [6.45, 7) is 3.96. The van der Waals surface area contributed by atoms with Crippen molar-refractivity contribution in [3.63, 3.8) is 0 Å². The van der Waals surface area contributed by atoms with Crippen LogP contribution in [-0.2, 0) is 4.79 Å². The van der Waals surface area contributed by atoms with E-state index < -0.39 is 0 Å². The molecule has 2 unspecified atom stereocenters. The second-order valence-electron chi connectivity index (χ2n) is 5.55. The fraction of sp³-hybridized carbons (Fsp3) is 0.471. The highest BCUT2D eigenvalue weighted by molar-refractivity contribution is 5.93. The minimum Gasteiger partial charge on any atom is -0.384 e. The van der Waals surface area contributed by atoms with Crippen LogP contribution in [-0.4, -0.2) is 17.6 Å². The zero-order chi connectivity index (χ0) is 14.5. The third-order valence-corrected chi connectivity index (χ3v) is 3.85. The van der Waals surface area contributed by atoms with E-state index in [1.165, 1.54) is 0 Å². The molecule has 0 bridgehead atoms. The van der Waals surface area contributed by atoms with Crippen molar-refractivity contribution in [3.05, 3.63) is 29.3 Å². The van der Waals surface area contributed by atoms with Gasteiger partial charge in [0.1, 0.15) is 6.61 Å². The van der Waals surface area contributed by atoms with E-state index >= 15 is 0 Å². The molecule has 1 fully saturated rings. The number of amides is 1. The number of aliphatic hydroxyl groups excluding tert-OH is 1. The van der Waals surface area contributed by atoms with Crippen molar-refractivity contribution in [2.75, 3.05) is 11.9 Å². The first-order valence-corrected chi connectivity index (χ1v) is 7.12. The smallest absolute Gasteiger partial charge is 0.227 e. The number of anilines is 1. The van der Waals surface area contributed by atoms with Gasteiger partial charge in [0.2, 0.25) is 5.91 Å². The Balaban J connectivity index is 2.12. The molecule has 106 valence electrons. The van der Waals surface area contributed by atoms with Crippen molar-refractivity contribution >= 4 is 11.6 Å². The Morgan fingerprint density at radius 3 is 2.85 bits per heavy atom. The number of nitrogens with one attached hydrogen (secondary N) is 1. The van der Waals surface area contributed by atoms with Gasteiger partial charge >= 0.3 is 0 Å². The summed E-state index contributed by atoms with van der Waals surface area (Å²) in [6.07, 6.45) is 3.26. The molecular formula is C17H21NO2. The van der Waals surface area contributed by atoms with Crippen molar-refractivity contribution < 1.29 is 9.90 Å². The van der Waals surface area contributed by atoms with Gasteiger partial charge in [0.25, 0.3) is 0 Å². The van der Waals surface area contributed by atoms with Crippen LogP contribution in [0.25, 0.3) is 0 Å². The number of carbonyl (C=O) groups excluding carboxylic acids is 1. The first-order valence-electron chi connectivity index (χ1n) is 7.12. The van der Waals surface area contributed by atoms with Crippen molar-refractivity contribution in [2.24, 2.45) is 11.8 Å². The Labute approximate surface area is 120 Å². The Morgan fingerprint density at radius 2 is 2.20 bits per heavy atom. The van der Waals surface area contributed by atoms with Crippen LogP contribution < -0.4 is 5.32 Å². The fourth-order valence-corrected chi connectivity index (χ4v) is 2.84. The van der Waals surface area contributed by atoms with Crippen LogP contribution in [0, 0.1) is 30.6 Å². The van der Waals surface area contributed by atoms with E-state index in [9.17, 15) is 4.79 Å². The van der Waals surface area contributed by atoms with Crippen molar-refractivity contribution in [1.82, 2.24) is 0 Å². The van der Waals surface area contributed by atoms with Crippen LogP contribution in [0.3, 0.4) is 0 Å². The molecule has 3 heteroatoms. The first-order chi connectivity index (χ1) is 9.60. The van der Waals surface area contributed by atoms with Crippen LogP contribution in [0.15, 0.2) is 18.2 Å². The predicted octanol–water partition coefficient (Wildman–Crippen LogP) is 2.71. The van der Waals surface area contributed by atoms with E-state index in [0.29, 0.717) is 5.92 Å². The summed E-state index contributed by atoms with van der Waals surface area (Å²) in [6, 6.07) is 5.74. The molecular weight excluding hydrogens is 250 g/mol. The van der Waals surface area contributed by atoms with E-state index in [2.05, 4.69) is 24.1 Å². The first kappa shape index (κ1) is 14.6. The Kier molecular flexibility index (Phi) is 4.81. The average molecular weight is 271 g/mol. The van der Waals surface area contributed by atoms with Gasteiger partial charge in [0.15, 0.2) is 0 Å². The molecule has 2 rings (SSSR count). The summed E-state index contributed by atoms with van der Waals surface area (Å²) < 4.78 is 0. The van der Waals surface area contributed by atoms with Crippen LogP contribution >= 0.6 is 0 Å². The normalized spacial score (nSPS) is 21.1. The Morgan fingerprint density at radius 1 is 1.40 bits per heavy atom. The van der Waals surface area contributed by atoms with Gasteiger partial charge in [0, 0.05) is 17.2 Å². The maximum Gasteiger partial charge on any atom is 0.227 e. The van der Waals surface area contributed by atoms with Crippen LogP contribution in [0.2, 0.25) is 0 Å². The largest absolute Gasteiger partial charge is 0.384 e. The Hall–Kier alpha value is -1.79. The molecule has 20 heavy (non-hydrogen) atoms. The molecule has 1 saturated carbocycles. The lowest BCUT2D eigenvalue weighted by Gasteiger charge is -2.15. The minimum absolute atomic E-state index is 0.113. The number of hydrogen-bond acceptors (Lipinski definition) is 2. The molecule has 3 nitrogen and oxygen atoms in total. The van der Waals surface area contributed by atoms with Gasteiger partial charge < -0.3 is 10.4 Å². The van der Waals surface area contributed by atoms with Gasteiger partial charge in [0.05, 0.1) is 0 Å². The van der Waals surface area contributed by atoms with Gasteiger partial charge in [-0.25, -0.2) is 0 Å². The molecule has 1 aromatic rings. The van der Waals surface area contributed by atoms with E-state index in [1.54, 1.807) is 0 Å². The number of aryl methyl sites for hydroxylation is 1. The highest BCUT2D eigenvalue weighted by Gasteiger charge is 2.29. The summed E-state index contributed by atoms with van der Waals surface area (Å²) >= 11 is 0. The summed E-state index contributed by atoms with van der Waals surface area (Å²) in [4.78, 5) is 12.3. The number of hydrogen-bond donors (Lipinski definition) is 2. The highest BCUT2D eigenvalue weighted by Crippen LogP contribution is 2.32. The third kappa shape index (κ3) is 3.61. The van der Waals surface area contributed by atoms with Crippen molar-refractivity contribution in [2.45, 2.75) is 33.1 Å². The molecule has 2 N–H and O–H groups in total. The van der Waals surface area contributed by atoms with Crippen LogP contribution in [0.4, 0.5) is 5.69 Å². The maximum atomic E-state index is 12.3. The summed E-state index contributed by atoms with van der Waals surface area (Å²) in [5, 5.41) is 11.7. The minimum atomic E-state index is -0.158. The standard InChI is InChI=1S/C17H21NO2/c1-12-9-14(6-4-8-19)11-15(10-12)18-17(20)16-7-3-5-13(16)2/h9-11,13,16,19H,3,5,7-8H2,1-2H3,(H,18,20). The number of aliphatic hydroxyl groups is 1. The van der Waals surface area contributed by atoms with Gasteiger partial charge in [-0.2, -0.15) is 0 Å². The van der Waals surface area contributed by atoms with E-state index in [4.69, 9.17) is 5.11 Å². The summed E-state index contributed by atoms with van der Waals surface area (Å²) in [5.74, 6) is 6.21. The molecule has 0 saturated heterocycles. The van der Waals surface area contributed by atoms with E-state index in [-0.39, 0.29) is 18.4 Å². The van der Waals surface area contributed by atoms with Gasteiger partial charge in [-0.15, -0.1) is 0 Å². The second kappa shape index (κ2) is 6.58. The number of rotatable bonds is 2. The van der Waals surface area contributed by atoms with Crippen LogP contribution in [0.1, 0.15) is 37.3 Å². The number of carbonyl (C=O) groups is 1. The monoisotopic (exact) mass is 271 g/mol. The molecule has 1 aliphatic rings. The SMILES string of the molecule is Cc1cc(C#CCO)cc(NC(=O)C2CCCC2C)c1.